The van der Waals surface area contributed by atoms with Crippen LogP contribution in [0.1, 0.15) is 35.7 Å². The maximum Gasteiger partial charge on any atom is 0.255 e. The van der Waals surface area contributed by atoms with Crippen molar-refractivity contribution < 1.29 is 14.3 Å². The Morgan fingerprint density at radius 1 is 1.11 bits per heavy atom. The number of carbonyl (C=O) groups is 1. The average molecular weight is 368 g/mol. The number of nitrogens with one attached hydrogen (secondary N) is 1. The van der Waals surface area contributed by atoms with Gasteiger partial charge in [0.2, 0.25) is 0 Å². The molecule has 0 bridgehead atoms. The number of hydrogen-bond donors (Lipinski definition) is 1. The van der Waals surface area contributed by atoms with Gasteiger partial charge in [-0.15, -0.1) is 0 Å². The summed E-state index contributed by atoms with van der Waals surface area (Å²) in [4.78, 5) is 15.0. The Morgan fingerprint density at radius 3 is 2.52 bits per heavy atom. The molecule has 1 atom stereocenters. The predicted octanol–water partition coefficient (Wildman–Crippen LogP) is 4.19. The summed E-state index contributed by atoms with van der Waals surface area (Å²) >= 11 is 0. The smallest absolute Gasteiger partial charge is 0.255 e. The minimum absolute atomic E-state index is 0.139. The molecule has 1 aliphatic rings. The zero-order chi connectivity index (χ0) is 19.2. The van der Waals surface area contributed by atoms with Gasteiger partial charge in [0.05, 0.1) is 14.2 Å². The summed E-state index contributed by atoms with van der Waals surface area (Å²) in [5.74, 6) is 1.85. The van der Waals surface area contributed by atoms with Gasteiger partial charge in [-0.1, -0.05) is 19.1 Å². The lowest BCUT2D eigenvalue weighted by Gasteiger charge is -2.30. The second-order valence-electron chi connectivity index (χ2n) is 7.20. The molecule has 0 spiro atoms. The summed E-state index contributed by atoms with van der Waals surface area (Å²) in [6.45, 7) is 5.57. The molecule has 5 heteroatoms. The standard InChI is InChI=1S/C22H28N2O3/c1-16-5-4-12-24(14-16)15-17-6-8-18(9-7-17)22(25)23-19-10-11-20(26-2)21(13-19)27-3/h6-11,13,16H,4-5,12,14-15H2,1-3H3,(H,23,25)/t16-/m0/s1. The predicted molar refractivity (Wildman–Crippen MR) is 108 cm³/mol. The van der Waals surface area contributed by atoms with Gasteiger partial charge < -0.3 is 14.8 Å². The Labute approximate surface area is 161 Å². The Kier molecular flexibility index (Phi) is 6.35. The van der Waals surface area contributed by atoms with Crippen molar-refractivity contribution in [2.75, 3.05) is 32.6 Å². The largest absolute Gasteiger partial charge is 0.493 e. The van der Waals surface area contributed by atoms with E-state index in [4.69, 9.17) is 9.47 Å². The number of methoxy groups -OCH3 is 2. The summed E-state index contributed by atoms with van der Waals surface area (Å²) in [7, 11) is 3.16. The number of likely N-dealkylation sites (tertiary alicyclic amines) is 1. The maximum atomic E-state index is 12.5. The van der Waals surface area contributed by atoms with Crippen LogP contribution in [0.4, 0.5) is 5.69 Å². The first kappa shape index (κ1) is 19.2. The molecule has 1 aliphatic heterocycles. The molecule has 2 aromatic carbocycles. The van der Waals surface area contributed by atoms with Crippen LogP contribution < -0.4 is 14.8 Å². The van der Waals surface area contributed by atoms with Crippen molar-refractivity contribution in [2.24, 2.45) is 5.92 Å². The zero-order valence-corrected chi connectivity index (χ0v) is 16.3. The molecular weight excluding hydrogens is 340 g/mol. The molecule has 1 fully saturated rings. The van der Waals surface area contributed by atoms with E-state index in [-0.39, 0.29) is 5.91 Å². The molecule has 27 heavy (non-hydrogen) atoms. The molecule has 3 rings (SSSR count). The van der Waals surface area contributed by atoms with Crippen molar-refractivity contribution >= 4 is 11.6 Å². The number of anilines is 1. The molecule has 1 heterocycles. The van der Waals surface area contributed by atoms with Gasteiger partial charge in [0.25, 0.3) is 5.91 Å². The Bertz CT molecular complexity index is 774. The van der Waals surface area contributed by atoms with Crippen LogP contribution in [0, 0.1) is 5.92 Å². The SMILES string of the molecule is COc1ccc(NC(=O)c2ccc(CN3CCC[C@H](C)C3)cc2)cc1OC. The van der Waals surface area contributed by atoms with E-state index < -0.39 is 0 Å². The third kappa shape index (κ3) is 5.01. The van der Waals surface area contributed by atoms with Crippen LogP contribution in [-0.4, -0.2) is 38.1 Å². The van der Waals surface area contributed by atoms with E-state index >= 15 is 0 Å². The molecule has 0 unspecified atom stereocenters. The number of carbonyl (C=O) groups excluding carboxylic acids is 1. The van der Waals surface area contributed by atoms with Crippen LogP contribution in [0.15, 0.2) is 42.5 Å². The molecule has 144 valence electrons. The highest BCUT2D eigenvalue weighted by molar-refractivity contribution is 6.04. The van der Waals surface area contributed by atoms with Crippen molar-refractivity contribution in [3.8, 4) is 11.5 Å². The van der Waals surface area contributed by atoms with Crippen LogP contribution >= 0.6 is 0 Å². The first-order valence-electron chi connectivity index (χ1n) is 9.43. The van der Waals surface area contributed by atoms with E-state index in [0.717, 1.165) is 25.6 Å². The number of piperidine rings is 1. The fourth-order valence-electron chi connectivity index (χ4n) is 3.57. The van der Waals surface area contributed by atoms with Gasteiger partial charge in [-0.3, -0.25) is 9.69 Å². The van der Waals surface area contributed by atoms with E-state index in [9.17, 15) is 4.79 Å². The van der Waals surface area contributed by atoms with Gasteiger partial charge in [-0.05, 0) is 55.1 Å². The average Bonchev–Trinajstić information content (AvgIpc) is 2.68. The van der Waals surface area contributed by atoms with E-state index in [1.54, 1.807) is 32.4 Å². The number of nitrogens with zero attached hydrogens (tertiary/aromatic N) is 1. The highest BCUT2D eigenvalue weighted by Gasteiger charge is 2.16. The first-order valence-corrected chi connectivity index (χ1v) is 9.43. The number of rotatable bonds is 6. The van der Waals surface area contributed by atoms with Crippen molar-refractivity contribution in [1.82, 2.24) is 4.90 Å². The molecule has 1 saturated heterocycles. The minimum atomic E-state index is -0.139. The number of ether oxygens (including phenoxy) is 2. The molecule has 0 saturated carbocycles. The fraction of sp³-hybridized carbons (Fsp3) is 0.409. The van der Waals surface area contributed by atoms with Crippen LogP contribution in [0.3, 0.4) is 0 Å². The summed E-state index contributed by atoms with van der Waals surface area (Å²) < 4.78 is 10.5. The van der Waals surface area contributed by atoms with Crippen molar-refractivity contribution in [2.45, 2.75) is 26.3 Å². The molecular formula is C22H28N2O3. The Morgan fingerprint density at radius 2 is 1.85 bits per heavy atom. The van der Waals surface area contributed by atoms with E-state index in [1.165, 1.54) is 18.4 Å². The number of amides is 1. The minimum Gasteiger partial charge on any atom is -0.493 e. The lowest BCUT2D eigenvalue weighted by Crippen LogP contribution is -2.33. The molecule has 2 aromatic rings. The number of hydrogen-bond acceptors (Lipinski definition) is 4. The fourth-order valence-corrected chi connectivity index (χ4v) is 3.57. The van der Waals surface area contributed by atoms with Gasteiger partial charge in [-0.25, -0.2) is 0 Å². The van der Waals surface area contributed by atoms with Crippen molar-refractivity contribution in [3.63, 3.8) is 0 Å². The van der Waals surface area contributed by atoms with Crippen molar-refractivity contribution in [3.05, 3.63) is 53.6 Å². The molecule has 0 aliphatic carbocycles. The Balaban J connectivity index is 1.62. The van der Waals surface area contributed by atoms with Crippen LogP contribution in [-0.2, 0) is 6.54 Å². The van der Waals surface area contributed by atoms with Gasteiger partial charge in [-0.2, -0.15) is 0 Å². The van der Waals surface area contributed by atoms with E-state index in [0.29, 0.717) is 22.7 Å². The van der Waals surface area contributed by atoms with E-state index in [1.807, 2.05) is 24.3 Å². The van der Waals surface area contributed by atoms with Gasteiger partial charge in [0, 0.05) is 30.4 Å². The second kappa shape index (κ2) is 8.91. The van der Waals surface area contributed by atoms with Gasteiger partial charge >= 0.3 is 0 Å². The molecule has 1 amide bonds. The summed E-state index contributed by atoms with van der Waals surface area (Å²) in [5.41, 5.74) is 2.55. The first-order chi connectivity index (χ1) is 13.1. The number of benzene rings is 2. The quantitative estimate of drug-likeness (QED) is 0.831. The summed E-state index contributed by atoms with van der Waals surface area (Å²) in [5, 5.41) is 2.91. The highest BCUT2D eigenvalue weighted by atomic mass is 16.5. The summed E-state index contributed by atoms with van der Waals surface area (Å²) in [6.07, 6.45) is 2.60. The van der Waals surface area contributed by atoms with Crippen LogP contribution in [0.5, 0.6) is 11.5 Å². The Hall–Kier alpha value is -2.53. The molecule has 1 N–H and O–H groups in total. The second-order valence-corrected chi connectivity index (χ2v) is 7.20. The monoisotopic (exact) mass is 368 g/mol. The molecule has 0 radical (unpaired) electrons. The highest BCUT2D eigenvalue weighted by Crippen LogP contribution is 2.30. The summed E-state index contributed by atoms with van der Waals surface area (Å²) in [6, 6.07) is 13.2. The van der Waals surface area contributed by atoms with E-state index in [2.05, 4.69) is 17.1 Å². The maximum absolute atomic E-state index is 12.5. The third-order valence-electron chi connectivity index (χ3n) is 5.00. The topological polar surface area (TPSA) is 50.8 Å². The van der Waals surface area contributed by atoms with Crippen LogP contribution in [0.2, 0.25) is 0 Å². The molecule has 5 nitrogen and oxygen atoms in total. The normalized spacial score (nSPS) is 17.4. The lowest BCUT2D eigenvalue weighted by atomic mass is 9.99. The van der Waals surface area contributed by atoms with Gasteiger partial charge in [0.15, 0.2) is 11.5 Å². The van der Waals surface area contributed by atoms with Crippen molar-refractivity contribution in [1.29, 1.82) is 0 Å². The lowest BCUT2D eigenvalue weighted by molar-refractivity contribution is 0.102. The zero-order valence-electron chi connectivity index (χ0n) is 16.3. The van der Waals surface area contributed by atoms with Crippen LogP contribution in [0.25, 0.3) is 0 Å². The third-order valence-corrected chi connectivity index (χ3v) is 5.00. The molecule has 0 aromatic heterocycles. The van der Waals surface area contributed by atoms with Gasteiger partial charge in [0.1, 0.15) is 0 Å².